The van der Waals surface area contributed by atoms with Crippen molar-refractivity contribution in [3.05, 3.63) is 23.8 Å². The molecule has 0 bridgehead atoms. The van der Waals surface area contributed by atoms with Crippen LogP contribution in [-0.2, 0) is 9.53 Å². The SMILES string of the molecule is CCCOC1(C(=O)Nc2ccc(OCC)cc2C#N)CCC(C)CC1. The molecule has 0 aliphatic heterocycles. The molecule has 0 saturated heterocycles. The summed E-state index contributed by atoms with van der Waals surface area (Å²) in [5, 5.41) is 12.3. The molecule has 0 radical (unpaired) electrons. The molecule has 1 fully saturated rings. The number of benzene rings is 1. The molecule has 0 heterocycles. The Kier molecular flexibility index (Phi) is 6.83. The van der Waals surface area contributed by atoms with Gasteiger partial charge in [0.15, 0.2) is 0 Å². The lowest BCUT2D eigenvalue weighted by atomic mass is 9.78. The fourth-order valence-electron chi connectivity index (χ4n) is 3.18. The standard InChI is InChI=1S/C20H28N2O3/c1-4-12-25-20(10-8-15(3)9-11-20)19(23)22-18-7-6-17(24-5-2)13-16(18)14-21/h6-7,13,15H,4-5,8-12H2,1-3H3,(H,22,23). The normalized spacial score (nSPS) is 22.9. The smallest absolute Gasteiger partial charge is 0.256 e. The average molecular weight is 344 g/mol. The van der Waals surface area contributed by atoms with E-state index in [9.17, 15) is 10.1 Å². The first kappa shape index (κ1) is 19.3. The summed E-state index contributed by atoms with van der Waals surface area (Å²) in [6.07, 6.45) is 4.27. The van der Waals surface area contributed by atoms with E-state index in [1.807, 2.05) is 13.8 Å². The number of ether oxygens (including phenoxy) is 2. The summed E-state index contributed by atoms with van der Waals surface area (Å²) in [6, 6.07) is 7.27. The second-order valence-electron chi connectivity index (χ2n) is 6.73. The van der Waals surface area contributed by atoms with Crippen LogP contribution in [0.5, 0.6) is 5.75 Å². The first-order chi connectivity index (χ1) is 12.0. The number of nitrogens with one attached hydrogen (secondary N) is 1. The number of amides is 1. The highest BCUT2D eigenvalue weighted by Crippen LogP contribution is 2.36. The lowest BCUT2D eigenvalue weighted by molar-refractivity contribution is -0.147. The van der Waals surface area contributed by atoms with Crippen LogP contribution in [0.4, 0.5) is 5.69 Å². The molecule has 1 aromatic rings. The molecule has 136 valence electrons. The van der Waals surface area contributed by atoms with Crippen LogP contribution in [0.15, 0.2) is 18.2 Å². The van der Waals surface area contributed by atoms with E-state index in [1.165, 1.54) is 0 Å². The summed E-state index contributed by atoms with van der Waals surface area (Å²) >= 11 is 0. The first-order valence-electron chi connectivity index (χ1n) is 9.17. The Labute approximate surface area is 150 Å². The molecule has 0 aromatic heterocycles. The van der Waals surface area contributed by atoms with Gasteiger partial charge in [-0.2, -0.15) is 5.26 Å². The Morgan fingerprint density at radius 3 is 2.68 bits per heavy atom. The number of nitriles is 1. The van der Waals surface area contributed by atoms with Crippen LogP contribution < -0.4 is 10.1 Å². The van der Waals surface area contributed by atoms with Crippen LogP contribution in [0.1, 0.15) is 58.4 Å². The van der Waals surface area contributed by atoms with Crippen LogP contribution in [-0.4, -0.2) is 24.7 Å². The monoisotopic (exact) mass is 344 g/mol. The van der Waals surface area contributed by atoms with Crippen LogP contribution in [0.2, 0.25) is 0 Å². The van der Waals surface area contributed by atoms with E-state index >= 15 is 0 Å². The van der Waals surface area contributed by atoms with Gasteiger partial charge in [0.2, 0.25) is 0 Å². The molecule has 2 rings (SSSR count). The number of carbonyl (C=O) groups is 1. The number of hydrogen-bond acceptors (Lipinski definition) is 4. The van der Waals surface area contributed by atoms with Gasteiger partial charge in [-0.3, -0.25) is 4.79 Å². The number of anilines is 1. The molecule has 0 unspecified atom stereocenters. The average Bonchev–Trinajstić information content (AvgIpc) is 2.63. The van der Waals surface area contributed by atoms with Crippen molar-refractivity contribution in [2.24, 2.45) is 5.92 Å². The molecule has 1 aromatic carbocycles. The molecule has 0 spiro atoms. The zero-order valence-electron chi connectivity index (χ0n) is 15.4. The van der Waals surface area contributed by atoms with E-state index in [1.54, 1.807) is 18.2 Å². The van der Waals surface area contributed by atoms with Gasteiger partial charge in [-0.1, -0.05) is 13.8 Å². The molecule has 25 heavy (non-hydrogen) atoms. The van der Waals surface area contributed by atoms with E-state index in [0.717, 1.165) is 32.1 Å². The molecular weight excluding hydrogens is 316 g/mol. The molecule has 1 saturated carbocycles. The first-order valence-corrected chi connectivity index (χ1v) is 9.17. The van der Waals surface area contributed by atoms with Crippen molar-refractivity contribution in [3.63, 3.8) is 0 Å². The van der Waals surface area contributed by atoms with Gasteiger partial charge in [0.05, 0.1) is 17.9 Å². The van der Waals surface area contributed by atoms with Gasteiger partial charge < -0.3 is 14.8 Å². The van der Waals surface area contributed by atoms with Crippen LogP contribution in [0, 0.1) is 17.2 Å². The number of carbonyl (C=O) groups excluding carboxylic acids is 1. The summed E-state index contributed by atoms with van der Waals surface area (Å²) in [4.78, 5) is 13.0. The van der Waals surface area contributed by atoms with Crippen molar-refractivity contribution in [1.29, 1.82) is 5.26 Å². The van der Waals surface area contributed by atoms with E-state index < -0.39 is 5.60 Å². The Bertz CT molecular complexity index is 623. The van der Waals surface area contributed by atoms with Gasteiger partial charge in [0.1, 0.15) is 17.4 Å². The van der Waals surface area contributed by atoms with E-state index in [4.69, 9.17) is 9.47 Å². The van der Waals surface area contributed by atoms with Gasteiger partial charge in [-0.25, -0.2) is 0 Å². The lowest BCUT2D eigenvalue weighted by Gasteiger charge is -2.38. The molecule has 1 amide bonds. The summed E-state index contributed by atoms with van der Waals surface area (Å²) in [5.74, 6) is 1.10. The van der Waals surface area contributed by atoms with E-state index in [0.29, 0.717) is 36.1 Å². The van der Waals surface area contributed by atoms with Crippen LogP contribution >= 0.6 is 0 Å². The molecule has 0 atom stereocenters. The minimum Gasteiger partial charge on any atom is -0.494 e. The second-order valence-corrected chi connectivity index (χ2v) is 6.73. The van der Waals surface area contributed by atoms with Gasteiger partial charge in [-0.15, -0.1) is 0 Å². The largest absolute Gasteiger partial charge is 0.494 e. The molecule has 1 aliphatic carbocycles. The Morgan fingerprint density at radius 1 is 1.36 bits per heavy atom. The Morgan fingerprint density at radius 2 is 2.08 bits per heavy atom. The fraction of sp³-hybridized carbons (Fsp3) is 0.600. The maximum Gasteiger partial charge on any atom is 0.256 e. The molecule has 5 heteroatoms. The highest BCUT2D eigenvalue weighted by atomic mass is 16.5. The number of nitrogens with zero attached hydrogens (tertiary/aromatic N) is 1. The maximum absolute atomic E-state index is 13.0. The quantitative estimate of drug-likeness (QED) is 0.802. The lowest BCUT2D eigenvalue weighted by Crippen LogP contribution is -2.48. The minimum absolute atomic E-state index is 0.145. The zero-order chi connectivity index (χ0) is 18.3. The summed E-state index contributed by atoms with van der Waals surface area (Å²) < 4.78 is 11.4. The molecule has 1 aliphatic rings. The topological polar surface area (TPSA) is 71.3 Å². The third kappa shape index (κ3) is 4.73. The highest BCUT2D eigenvalue weighted by Gasteiger charge is 2.42. The Hall–Kier alpha value is -2.06. The summed E-state index contributed by atoms with van der Waals surface area (Å²) in [5.41, 5.74) is 0.122. The minimum atomic E-state index is -0.784. The van der Waals surface area contributed by atoms with Gasteiger partial charge in [-0.05, 0) is 63.1 Å². The third-order valence-electron chi connectivity index (χ3n) is 4.75. The van der Waals surface area contributed by atoms with E-state index in [2.05, 4.69) is 18.3 Å². The maximum atomic E-state index is 13.0. The Balaban J connectivity index is 2.19. The van der Waals surface area contributed by atoms with Gasteiger partial charge in [0.25, 0.3) is 5.91 Å². The second kappa shape index (κ2) is 8.87. The van der Waals surface area contributed by atoms with Crippen molar-refractivity contribution in [3.8, 4) is 11.8 Å². The number of rotatable bonds is 7. The van der Waals surface area contributed by atoms with Crippen molar-refractivity contribution < 1.29 is 14.3 Å². The predicted molar refractivity (Wildman–Crippen MR) is 97.6 cm³/mol. The third-order valence-corrected chi connectivity index (χ3v) is 4.75. The number of hydrogen-bond donors (Lipinski definition) is 1. The van der Waals surface area contributed by atoms with E-state index in [-0.39, 0.29) is 5.91 Å². The van der Waals surface area contributed by atoms with Crippen molar-refractivity contribution in [1.82, 2.24) is 0 Å². The van der Waals surface area contributed by atoms with Gasteiger partial charge >= 0.3 is 0 Å². The molecule has 5 nitrogen and oxygen atoms in total. The van der Waals surface area contributed by atoms with Crippen molar-refractivity contribution >= 4 is 11.6 Å². The summed E-state index contributed by atoms with van der Waals surface area (Å²) in [6.45, 7) is 7.23. The van der Waals surface area contributed by atoms with Crippen LogP contribution in [0.3, 0.4) is 0 Å². The van der Waals surface area contributed by atoms with Gasteiger partial charge in [0, 0.05) is 6.61 Å². The molecular formula is C20H28N2O3. The van der Waals surface area contributed by atoms with Crippen molar-refractivity contribution in [2.45, 2.75) is 58.5 Å². The zero-order valence-corrected chi connectivity index (χ0v) is 15.4. The fourth-order valence-corrected chi connectivity index (χ4v) is 3.18. The predicted octanol–water partition coefficient (Wildman–Crippen LogP) is 4.27. The molecule has 1 N–H and O–H groups in total. The van der Waals surface area contributed by atoms with Crippen LogP contribution in [0.25, 0.3) is 0 Å². The summed E-state index contributed by atoms with van der Waals surface area (Å²) in [7, 11) is 0. The van der Waals surface area contributed by atoms with Crippen molar-refractivity contribution in [2.75, 3.05) is 18.5 Å². The highest BCUT2D eigenvalue weighted by molar-refractivity contribution is 5.98.